The molecule has 1 heterocycles. The SMILES string of the molecule is CN1CCN(C(=O)c2cccc3c2C2Cc4ccccc4C3C2)CC1. The van der Waals surface area contributed by atoms with Crippen LogP contribution in [0.5, 0.6) is 0 Å². The quantitative estimate of drug-likeness (QED) is 0.800. The molecule has 0 spiro atoms. The molecule has 5 rings (SSSR count). The molecule has 3 aliphatic rings. The van der Waals surface area contributed by atoms with Crippen LogP contribution in [0.15, 0.2) is 42.5 Å². The fourth-order valence-electron chi connectivity index (χ4n) is 5.04. The molecule has 2 aromatic rings. The Hall–Kier alpha value is -2.13. The average Bonchev–Trinajstić information content (AvgIpc) is 2.95. The fraction of sp³-hybridized carbons (Fsp3) is 0.409. The number of fused-ring (bicyclic) bond motifs is 7. The lowest BCUT2D eigenvalue weighted by atomic mass is 9.81. The molecular weight excluding hydrogens is 308 g/mol. The van der Waals surface area contributed by atoms with Gasteiger partial charge in [-0.3, -0.25) is 4.79 Å². The average molecular weight is 332 g/mol. The molecule has 0 saturated carbocycles. The Bertz CT molecular complexity index is 836. The second-order valence-electron chi connectivity index (χ2n) is 7.79. The Morgan fingerprint density at radius 1 is 0.960 bits per heavy atom. The molecule has 2 aliphatic carbocycles. The Morgan fingerprint density at radius 3 is 2.56 bits per heavy atom. The van der Waals surface area contributed by atoms with Gasteiger partial charge < -0.3 is 9.80 Å². The monoisotopic (exact) mass is 332 g/mol. The minimum absolute atomic E-state index is 0.238. The Kier molecular flexibility index (Phi) is 3.46. The van der Waals surface area contributed by atoms with Crippen molar-refractivity contribution in [2.75, 3.05) is 33.2 Å². The van der Waals surface area contributed by atoms with Gasteiger partial charge in [-0.15, -0.1) is 0 Å². The van der Waals surface area contributed by atoms with E-state index in [1.54, 1.807) is 0 Å². The Labute approximate surface area is 149 Å². The van der Waals surface area contributed by atoms with Crippen LogP contribution in [0.1, 0.15) is 50.9 Å². The van der Waals surface area contributed by atoms with Crippen LogP contribution in [0.25, 0.3) is 0 Å². The maximum absolute atomic E-state index is 13.2. The number of hydrogen-bond donors (Lipinski definition) is 0. The van der Waals surface area contributed by atoms with Crippen LogP contribution >= 0.6 is 0 Å². The minimum atomic E-state index is 0.238. The van der Waals surface area contributed by atoms with Crippen LogP contribution < -0.4 is 0 Å². The zero-order valence-corrected chi connectivity index (χ0v) is 14.7. The van der Waals surface area contributed by atoms with Crippen molar-refractivity contribution in [3.63, 3.8) is 0 Å². The van der Waals surface area contributed by atoms with Gasteiger partial charge in [-0.25, -0.2) is 0 Å². The summed E-state index contributed by atoms with van der Waals surface area (Å²) >= 11 is 0. The number of likely N-dealkylation sites (N-methyl/N-ethyl adjacent to an activating group) is 1. The highest BCUT2D eigenvalue weighted by Gasteiger charge is 2.40. The summed E-state index contributed by atoms with van der Waals surface area (Å²) in [5, 5.41) is 0. The van der Waals surface area contributed by atoms with E-state index in [2.05, 4.69) is 54.4 Å². The first-order valence-corrected chi connectivity index (χ1v) is 9.41. The molecule has 1 amide bonds. The van der Waals surface area contributed by atoms with Crippen LogP contribution in [0.2, 0.25) is 0 Å². The van der Waals surface area contributed by atoms with E-state index in [1.807, 2.05) is 4.90 Å². The summed E-state index contributed by atoms with van der Waals surface area (Å²) < 4.78 is 0. The Balaban J connectivity index is 1.54. The topological polar surface area (TPSA) is 23.6 Å². The molecule has 3 nitrogen and oxygen atoms in total. The van der Waals surface area contributed by atoms with Crippen molar-refractivity contribution in [2.45, 2.75) is 24.7 Å². The van der Waals surface area contributed by atoms with Crippen LogP contribution in [0.3, 0.4) is 0 Å². The van der Waals surface area contributed by atoms with Crippen molar-refractivity contribution >= 4 is 5.91 Å². The van der Waals surface area contributed by atoms with Gasteiger partial charge in [-0.2, -0.15) is 0 Å². The maximum Gasteiger partial charge on any atom is 0.254 e. The second kappa shape index (κ2) is 5.70. The molecule has 2 unspecified atom stereocenters. The van der Waals surface area contributed by atoms with Gasteiger partial charge in [0, 0.05) is 37.7 Å². The number of benzene rings is 2. The number of piperazine rings is 1. The third-order valence-corrected chi connectivity index (χ3v) is 6.36. The lowest BCUT2D eigenvalue weighted by Gasteiger charge is -2.33. The van der Waals surface area contributed by atoms with E-state index >= 15 is 0 Å². The summed E-state index contributed by atoms with van der Waals surface area (Å²) in [6, 6.07) is 15.2. The Morgan fingerprint density at radius 2 is 1.72 bits per heavy atom. The highest BCUT2D eigenvalue weighted by Crippen LogP contribution is 2.52. The first-order chi connectivity index (χ1) is 12.2. The molecule has 1 fully saturated rings. The van der Waals surface area contributed by atoms with E-state index < -0.39 is 0 Å². The molecule has 128 valence electrons. The molecule has 2 atom stereocenters. The zero-order valence-electron chi connectivity index (χ0n) is 14.7. The van der Waals surface area contributed by atoms with Crippen molar-refractivity contribution in [2.24, 2.45) is 0 Å². The van der Waals surface area contributed by atoms with Crippen molar-refractivity contribution in [1.82, 2.24) is 9.80 Å². The predicted octanol–water partition coefficient (Wildman–Crippen LogP) is 3.25. The highest BCUT2D eigenvalue weighted by atomic mass is 16.2. The zero-order chi connectivity index (χ0) is 17.0. The van der Waals surface area contributed by atoms with Gasteiger partial charge in [-0.05, 0) is 54.1 Å². The van der Waals surface area contributed by atoms with Gasteiger partial charge in [0.25, 0.3) is 5.91 Å². The first-order valence-electron chi connectivity index (χ1n) is 9.41. The van der Waals surface area contributed by atoms with Gasteiger partial charge >= 0.3 is 0 Å². The van der Waals surface area contributed by atoms with Gasteiger partial charge in [0.2, 0.25) is 0 Å². The number of nitrogens with zero attached hydrogens (tertiary/aromatic N) is 2. The van der Waals surface area contributed by atoms with E-state index in [1.165, 1.54) is 28.7 Å². The molecule has 3 heteroatoms. The van der Waals surface area contributed by atoms with Crippen molar-refractivity contribution in [3.8, 4) is 0 Å². The smallest absolute Gasteiger partial charge is 0.254 e. The number of rotatable bonds is 1. The lowest BCUT2D eigenvalue weighted by Crippen LogP contribution is -2.47. The summed E-state index contributed by atoms with van der Waals surface area (Å²) in [5.74, 6) is 1.22. The normalized spacial score (nSPS) is 24.8. The number of hydrogen-bond acceptors (Lipinski definition) is 2. The summed E-state index contributed by atoms with van der Waals surface area (Å²) in [6.07, 6.45) is 2.24. The first kappa shape index (κ1) is 15.2. The largest absolute Gasteiger partial charge is 0.336 e. The van der Waals surface area contributed by atoms with Crippen molar-refractivity contribution in [3.05, 3.63) is 70.3 Å². The fourth-order valence-corrected chi connectivity index (χ4v) is 5.04. The van der Waals surface area contributed by atoms with E-state index in [4.69, 9.17) is 0 Å². The summed E-state index contributed by atoms with van der Waals surface area (Å²) in [6.45, 7) is 3.62. The predicted molar refractivity (Wildman–Crippen MR) is 99.2 cm³/mol. The van der Waals surface area contributed by atoms with Gasteiger partial charge in [-0.1, -0.05) is 36.4 Å². The minimum Gasteiger partial charge on any atom is -0.336 e. The number of carbonyl (C=O) groups excluding carboxylic acids is 1. The van der Waals surface area contributed by atoms with Crippen LogP contribution in [-0.2, 0) is 6.42 Å². The molecule has 1 aliphatic heterocycles. The van der Waals surface area contributed by atoms with E-state index in [0.717, 1.165) is 38.2 Å². The summed E-state index contributed by atoms with van der Waals surface area (Å²) in [4.78, 5) is 17.6. The van der Waals surface area contributed by atoms with Gasteiger partial charge in [0.1, 0.15) is 0 Å². The van der Waals surface area contributed by atoms with E-state index in [9.17, 15) is 4.79 Å². The maximum atomic E-state index is 13.2. The summed E-state index contributed by atoms with van der Waals surface area (Å²) in [5.41, 5.74) is 6.64. The molecule has 2 aromatic carbocycles. The van der Waals surface area contributed by atoms with E-state index in [-0.39, 0.29) is 5.91 Å². The highest BCUT2D eigenvalue weighted by molar-refractivity contribution is 5.96. The summed E-state index contributed by atoms with van der Waals surface area (Å²) in [7, 11) is 2.13. The van der Waals surface area contributed by atoms with Gasteiger partial charge in [0.05, 0.1) is 0 Å². The number of carbonyl (C=O) groups is 1. The third-order valence-electron chi connectivity index (χ3n) is 6.36. The van der Waals surface area contributed by atoms with Gasteiger partial charge in [0.15, 0.2) is 0 Å². The molecular formula is C22H24N2O. The molecule has 0 N–H and O–H groups in total. The molecule has 0 aromatic heterocycles. The van der Waals surface area contributed by atoms with Crippen molar-refractivity contribution in [1.29, 1.82) is 0 Å². The van der Waals surface area contributed by atoms with Crippen LogP contribution in [-0.4, -0.2) is 48.9 Å². The third kappa shape index (κ3) is 2.33. The standard InChI is InChI=1S/C22H24N2O/c1-23-9-11-24(12-10-23)22(25)19-8-4-7-18-20-14-16(21(18)19)13-15-5-2-3-6-17(15)20/h2-8,16,20H,9-14H2,1H3. The molecule has 1 saturated heterocycles. The van der Waals surface area contributed by atoms with Crippen molar-refractivity contribution < 1.29 is 4.79 Å². The molecule has 25 heavy (non-hydrogen) atoms. The molecule has 2 bridgehead atoms. The number of amides is 1. The lowest BCUT2D eigenvalue weighted by molar-refractivity contribution is 0.0662. The second-order valence-corrected chi connectivity index (χ2v) is 7.79. The van der Waals surface area contributed by atoms with Crippen LogP contribution in [0.4, 0.5) is 0 Å². The molecule has 0 radical (unpaired) electrons. The van der Waals surface area contributed by atoms with E-state index in [0.29, 0.717) is 11.8 Å². The van der Waals surface area contributed by atoms with Crippen LogP contribution in [0, 0.1) is 0 Å².